The van der Waals surface area contributed by atoms with Crippen molar-refractivity contribution >= 4 is 17.5 Å². The van der Waals surface area contributed by atoms with Crippen molar-refractivity contribution in [3.63, 3.8) is 0 Å². The van der Waals surface area contributed by atoms with E-state index in [4.69, 9.17) is 4.74 Å². The molecule has 2 heterocycles. The van der Waals surface area contributed by atoms with Gasteiger partial charge in [-0.2, -0.15) is 0 Å². The highest BCUT2D eigenvalue weighted by Gasteiger charge is 2.59. The van der Waals surface area contributed by atoms with Crippen molar-refractivity contribution in [2.24, 2.45) is 5.41 Å². The lowest BCUT2D eigenvalue weighted by Gasteiger charge is -2.38. The summed E-state index contributed by atoms with van der Waals surface area (Å²) in [6.07, 6.45) is 1.27. The van der Waals surface area contributed by atoms with Gasteiger partial charge in [-0.05, 0) is 25.0 Å². The van der Waals surface area contributed by atoms with Gasteiger partial charge >= 0.3 is 0 Å². The van der Waals surface area contributed by atoms with Gasteiger partial charge < -0.3 is 19.4 Å². The lowest BCUT2D eigenvalue weighted by Crippen LogP contribution is -2.54. The number of nitrogens with zero attached hydrogens (tertiary/aromatic N) is 3. The molecule has 0 aromatic heterocycles. The van der Waals surface area contributed by atoms with Gasteiger partial charge in [-0.1, -0.05) is 12.1 Å². The molecule has 2 aliphatic heterocycles. The minimum absolute atomic E-state index is 0.0395. The quantitative estimate of drug-likeness (QED) is 0.757. The molecule has 4 rings (SSSR count). The number of para-hydroxylation sites is 1. The Morgan fingerprint density at radius 2 is 1.46 bits per heavy atom. The van der Waals surface area contributed by atoms with Crippen molar-refractivity contribution < 1.29 is 18.7 Å². The molecule has 1 aromatic rings. The van der Waals surface area contributed by atoms with Gasteiger partial charge in [0, 0.05) is 39.3 Å². The number of rotatable bonds is 3. The van der Waals surface area contributed by atoms with Crippen molar-refractivity contribution in [2.75, 3.05) is 57.4 Å². The van der Waals surface area contributed by atoms with Crippen LogP contribution in [0.3, 0.4) is 0 Å². The van der Waals surface area contributed by atoms with E-state index in [1.807, 2.05) is 11.0 Å². The summed E-state index contributed by atoms with van der Waals surface area (Å²) in [7, 11) is 0. The zero-order chi connectivity index (χ0) is 18.1. The molecule has 7 heteroatoms. The van der Waals surface area contributed by atoms with Gasteiger partial charge in [0.05, 0.1) is 18.9 Å². The zero-order valence-corrected chi connectivity index (χ0v) is 14.8. The largest absolute Gasteiger partial charge is 0.378 e. The Bertz CT molecular complexity index is 693. The van der Waals surface area contributed by atoms with Gasteiger partial charge in [0.2, 0.25) is 11.8 Å². The third kappa shape index (κ3) is 3.05. The first kappa shape index (κ1) is 17.3. The normalized spacial score (nSPS) is 22.3. The molecule has 0 N–H and O–H groups in total. The maximum Gasteiger partial charge on any atom is 0.238 e. The van der Waals surface area contributed by atoms with E-state index in [0.717, 1.165) is 0 Å². The van der Waals surface area contributed by atoms with Gasteiger partial charge in [-0.25, -0.2) is 4.39 Å². The molecule has 140 valence electrons. The second-order valence-corrected chi connectivity index (χ2v) is 7.22. The Morgan fingerprint density at radius 3 is 2.04 bits per heavy atom. The molecule has 0 atom stereocenters. The molecule has 1 saturated carbocycles. The minimum atomic E-state index is -0.850. The monoisotopic (exact) mass is 361 g/mol. The van der Waals surface area contributed by atoms with Gasteiger partial charge in [-0.15, -0.1) is 0 Å². The molecule has 0 spiro atoms. The average Bonchev–Trinajstić information content (AvgIpc) is 3.50. The van der Waals surface area contributed by atoms with Crippen LogP contribution in [0.25, 0.3) is 0 Å². The first-order valence-electron chi connectivity index (χ1n) is 9.28. The second-order valence-electron chi connectivity index (χ2n) is 7.22. The predicted molar refractivity (Wildman–Crippen MR) is 94.3 cm³/mol. The summed E-state index contributed by atoms with van der Waals surface area (Å²) >= 11 is 0. The molecule has 0 radical (unpaired) electrons. The van der Waals surface area contributed by atoms with Crippen molar-refractivity contribution in [1.82, 2.24) is 9.80 Å². The van der Waals surface area contributed by atoms with E-state index in [1.165, 1.54) is 6.07 Å². The third-order valence-corrected chi connectivity index (χ3v) is 5.63. The molecular weight excluding hydrogens is 337 g/mol. The van der Waals surface area contributed by atoms with Crippen LogP contribution >= 0.6 is 0 Å². The van der Waals surface area contributed by atoms with Gasteiger partial charge in [0.25, 0.3) is 0 Å². The molecule has 0 unspecified atom stereocenters. The van der Waals surface area contributed by atoms with Crippen LogP contribution in [0.15, 0.2) is 24.3 Å². The van der Waals surface area contributed by atoms with Crippen LogP contribution in [0.4, 0.5) is 10.1 Å². The topological polar surface area (TPSA) is 53.1 Å². The van der Waals surface area contributed by atoms with E-state index in [1.54, 1.807) is 21.9 Å². The summed E-state index contributed by atoms with van der Waals surface area (Å²) in [5.41, 5.74) is -0.276. The first-order chi connectivity index (χ1) is 12.6. The Morgan fingerprint density at radius 1 is 0.885 bits per heavy atom. The van der Waals surface area contributed by atoms with Crippen LogP contribution in [-0.2, 0) is 14.3 Å². The molecule has 2 amide bonds. The van der Waals surface area contributed by atoms with E-state index in [0.29, 0.717) is 71.0 Å². The van der Waals surface area contributed by atoms with Gasteiger partial charge in [0.1, 0.15) is 11.2 Å². The molecule has 0 bridgehead atoms. The molecule has 26 heavy (non-hydrogen) atoms. The number of piperazine rings is 1. The average molecular weight is 361 g/mol. The number of anilines is 1. The first-order valence-corrected chi connectivity index (χ1v) is 9.28. The van der Waals surface area contributed by atoms with Gasteiger partial charge in [-0.3, -0.25) is 9.59 Å². The number of benzene rings is 1. The highest BCUT2D eigenvalue weighted by Crippen LogP contribution is 2.49. The van der Waals surface area contributed by atoms with Crippen LogP contribution in [0, 0.1) is 11.2 Å². The number of amides is 2. The maximum atomic E-state index is 14.0. The Hall–Kier alpha value is -2.15. The maximum absolute atomic E-state index is 14.0. The number of morpholine rings is 1. The van der Waals surface area contributed by atoms with Crippen LogP contribution in [0.5, 0.6) is 0 Å². The summed E-state index contributed by atoms with van der Waals surface area (Å²) in [5, 5.41) is 0. The predicted octanol–water partition coefficient (Wildman–Crippen LogP) is 1.11. The van der Waals surface area contributed by atoms with E-state index in [-0.39, 0.29) is 17.6 Å². The zero-order valence-electron chi connectivity index (χ0n) is 14.8. The fraction of sp³-hybridized carbons (Fsp3) is 0.579. The van der Waals surface area contributed by atoms with Crippen molar-refractivity contribution in [2.45, 2.75) is 12.8 Å². The smallest absolute Gasteiger partial charge is 0.238 e. The van der Waals surface area contributed by atoms with Crippen molar-refractivity contribution in [1.29, 1.82) is 0 Å². The third-order valence-electron chi connectivity index (χ3n) is 5.63. The number of ether oxygens (including phenoxy) is 1. The molecule has 3 fully saturated rings. The fourth-order valence-electron chi connectivity index (χ4n) is 3.87. The molecule has 6 nitrogen and oxygen atoms in total. The summed E-state index contributed by atoms with van der Waals surface area (Å²) in [6.45, 7) is 4.40. The van der Waals surface area contributed by atoms with Crippen LogP contribution in [-0.4, -0.2) is 74.1 Å². The molecule has 1 aliphatic carbocycles. The summed E-state index contributed by atoms with van der Waals surface area (Å²) < 4.78 is 19.3. The minimum Gasteiger partial charge on any atom is -0.378 e. The van der Waals surface area contributed by atoms with Crippen molar-refractivity contribution in [3.8, 4) is 0 Å². The second kappa shape index (κ2) is 6.87. The number of carbonyl (C=O) groups is 2. The Balaban J connectivity index is 1.39. The Labute approximate surface area is 152 Å². The summed E-state index contributed by atoms with van der Waals surface area (Å²) in [5.74, 6) is -0.335. The highest BCUT2D eigenvalue weighted by molar-refractivity contribution is 6.08. The number of carbonyl (C=O) groups excluding carboxylic acids is 2. The van der Waals surface area contributed by atoms with E-state index >= 15 is 0 Å². The standard InChI is InChI=1S/C19H24FN3O3/c20-15-3-1-2-4-16(15)21-7-9-22(10-8-21)17(24)19(5-6-19)18(25)23-11-13-26-14-12-23/h1-4H,5-14H2. The van der Waals surface area contributed by atoms with Crippen LogP contribution < -0.4 is 4.90 Å². The lowest BCUT2D eigenvalue weighted by atomic mass is 10.0. The van der Waals surface area contributed by atoms with E-state index in [9.17, 15) is 14.0 Å². The van der Waals surface area contributed by atoms with Crippen molar-refractivity contribution in [3.05, 3.63) is 30.1 Å². The fourth-order valence-corrected chi connectivity index (χ4v) is 3.87. The lowest BCUT2D eigenvalue weighted by molar-refractivity contribution is -0.152. The van der Waals surface area contributed by atoms with E-state index < -0.39 is 5.41 Å². The molecule has 3 aliphatic rings. The van der Waals surface area contributed by atoms with Crippen LogP contribution in [0.2, 0.25) is 0 Å². The molecular formula is C19H24FN3O3. The molecule has 2 saturated heterocycles. The number of hydrogen-bond donors (Lipinski definition) is 0. The Kier molecular flexibility index (Phi) is 4.56. The highest BCUT2D eigenvalue weighted by atomic mass is 19.1. The molecule has 1 aromatic carbocycles. The summed E-state index contributed by atoms with van der Waals surface area (Å²) in [6, 6.07) is 6.70. The number of hydrogen-bond acceptors (Lipinski definition) is 4. The van der Waals surface area contributed by atoms with Gasteiger partial charge in [0.15, 0.2) is 0 Å². The number of halogens is 1. The SMILES string of the molecule is O=C(N1CCOCC1)C1(C(=O)N2CCN(c3ccccc3F)CC2)CC1. The summed E-state index contributed by atoms with van der Waals surface area (Å²) in [4.78, 5) is 31.4. The van der Waals surface area contributed by atoms with E-state index in [2.05, 4.69) is 0 Å². The van der Waals surface area contributed by atoms with Crippen LogP contribution in [0.1, 0.15) is 12.8 Å².